The van der Waals surface area contributed by atoms with Crippen LogP contribution in [0.1, 0.15) is 26.2 Å². The summed E-state index contributed by atoms with van der Waals surface area (Å²) >= 11 is 5.93. The van der Waals surface area contributed by atoms with Gasteiger partial charge in [-0.25, -0.2) is 9.97 Å². The molecule has 0 amide bonds. The lowest BCUT2D eigenvalue weighted by Gasteiger charge is -2.08. The van der Waals surface area contributed by atoms with Gasteiger partial charge in [-0.05, 0) is 12.8 Å². The van der Waals surface area contributed by atoms with Crippen LogP contribution in [0, 0.1) is 0 Å². The van der Waals surface area contributed by atoms with Gasteiger partial charge in [0.25, 0.3) is 0 Å². The van der Waals surface area contributed by atoms with Crippen molar-refractivity contribution in [3.63, 3.8) is 0 Å². The lowest BCUT2D eigenvalue weighted by Crippen LogP contribution is -2.08. The minimum atomic E-state index is 0.295. The second kappa shape index (κ2) is 8.08. The minimum Gasteiger partial charge on any atom is -0.382 e. The minimum absolute atomic E-state index is 0.295. The summed E-state index contributed by atoms with van der Waals surface area (Å²) in [6.07, 6.45) is 4.57. The molecule has 0 aliphatic carbocycles. The molecule has 5 nitrogen and oxygen atoms in total. The Labute approximate surface area is 107 Å². The van der Waals surface area contributed by atoms with Crippen molar-refractivity contribution in [3.8, 4) is 0 Å². The molecule has 0 saturated carbocycles. The average Bonchev–Trinajstić information content (AvgIpc) is 2.33. The van der Waals surface area contributed by atoms with Crippen LogP contribution in [-0.2, 0) is 4.74 Å². The van der Waals surface area contributed by atoms with Crippen LogP contribution in [0.25, 0.3) is 0 Å². The summed E-state index contributed by atoms with van der Waals surface area (Å²) in [6.45, 7) is 4.47. The first kappa shape index (κ1) is 14.0. The molecule has 1 aromatic rings. The molecule has 0 aromatic carbocycles. The molecule has 0 spiro atoms. The van der Waals surface area contributed by atoms with Gasteiger partial charge in [0.15, 0.2) is 0 Å². The van der Waals surface area contributed by atoms with Crippen LogP contribution in [0.5, 0.6) is 0 Å². The molecule has 0 atom stereocenters. The summed E-state index contributed by atoms with van der Waals surface area (Å²) in [6, 6.07) is 0. The van der Waals surface area contributed by atoms with Crippen molar-refractivity contribution in [1.82, 2.24) is 9.97 Å². The van der Waals surface area contributed by atoms with E-state index >= 15 is 0 Å². The molecule has 0 aliphatic heterocycles. The van der Waals surface area contributed by atoms with Crippen LogP contribution in [0.3, 0.4) is 0 Å². The number of nitrogens with two attached hydrogens (primary N) is 1. The van der Waals surface area contributed by atoms with E-state index in [9.17, 15) is 0 Å². The Morgan fingerprint density at radius 3 is 2.88 bits per heavy atom. The molecule has 0 radical (unpaired) electrons. The normalized spacial score (nSPS) is 10.5. The van der Waals surface area contributed by atoms with Crippen molar-refractivity contribution in [3.05, 3.63) is 11.3 Å². The molecule has 17 heavy (non-hydrogen) atoms. The van der Waals surface area contributed by atoms with Crippen molar-refractivity contribution in [1.29, 1.82) is 0 Å². The van der Waals surface area contributed by atoms with E-state index in [1.54, 1.807) is 0 Å². The highest BCUT2D eigenvalue weighted by atomic mass is 35.5. The van der Waals surface area contributed by atoms with E-state index in [2.05, 4.69) is 22.2 Å². The van der Waals surface area contributed by atoms with Gasteiger partial charge in [-0.15, -0.1) is 0 Å². The first-order valence-electron chi connectivity index (χ1n) is 5.83. The van der Waals surface area contributed by atoms with E-state index in [1.165, 1.54) is 6.33 Å². The van der Waals surface area contributed by atoms with Gasteiger partial charge < -0.3 is 15.8 Å². The summed E-state index contributed by atoms with van der Waals surface area (Å²) in [7, 11) is 0. The zero-order chi connectivity index (χ0) is 12.5. The highest BCUT2D eigenvalue weighted by Gasteiger charge is 2.04. The number of unbranched alkanes of at least 4 members (excludes halogenated alkanes) is 1. The van der Waals surface area contributed by atoms with Crippen LogP contribution in [0.15, 0.2) is 6.33 Å². The number of hydrogen-bond acceptors (Lipinski definition) is 5. The van der Waals surface area contributed by atoms with E-state index in [-0.39, 0.29) is 0 Å². The molecular weight excluding hydrogens is 240 g/mol. The number of anilines is 2. The first-order chi connectivity index (χ1) is 8.25. The maximum atomic E-state index is 5.93. The zero-order valence-electron chi connectivity index (χ0n) is 10.1. The molecule has 96 valence electrons. The lowest BCUT2D eigenvalue weighted by atomic mass is 10.3. The van der Waals surface area contributed by atoms with Crippen LogP contribution in [0.2, 0.25) is 5.02 Å². The number of ether oxygens (including phenoxy) is 1. The van der Waals surface area contributed by atoms with Gasteiger partial charge in [-0.3, -0.25) is 0 Å². The third kappa shape index (κ3) is 5.19. The second-order valence-electron chi connectivity index (χ2n) is 3.67. The number of nitrogens with zero attached hydrogens (tertiary/aromatic N) is 2. The van der Waals surface area contributed by atoms with E-state index in [4.69, 9.17) is 22.1 Å². The quantitative estimate of drug-likeness (QED) is 0.700. The van der Waals surface area contributed by atoms with Gasteiger partial charge in [0.05, 0.1) is 0 Å². The van der Waals surface area contributed by atoms with Crippen molar-refractivity contribution in [2.45, 2.75) is 26.2 Å². The number of halogens is 1. The van der Waals surface area contributed by atoms with Crippen molar-refractivity contribution in [2.75, 3.05) is 30.8 Å². The number of nitrogens with one attached hydrogen (secondary N) is 1. The summed E-state index contributed by atoms with van der Waals surface area (Å²) in [4.78, 5) is 7.80. The Bertz CT molecular complexity index is 335. The first-order valence-corrected chi connectivity index (χ1v) is 6.21. The molecular formula is C11H19ClN4O. The largest absolute Gasteiger partial charge is 0.382 e. The van der Waals surface area contributed by atoms with Crippen LogP contribution < -0.4 is 11.1 Å². The lowest BCUT2D eigenvalue weighted by molar-refractivity contribution is 0.131. The molecule has 1 aromatic heterocycles. The van der Waals surface area contributed by atoms with E-state index in [1.807, 2.05) is 0 Å². The number of rotatable bonds is 8. The Balaban J connectivity index is 2.16. The Morgan fingerprint density at radius 1 is 1.35 bits per heavy atom. The van der Waals surface area contributed by atoms with Crippen LogP contribution in [0.4, 0.5) is 11.6 Å². The Kier molecular flexibility index (Phi) is 6.65. The van der Waals surface area contributed by atoms with E-state index in [0.29, 0.717) is 16.7 Å². The van der Waals surface area contributed by atoms with Gasteiger partial charge in [0.1, 0.15) is 23.0 Å². The summed E-state index contributed by atoms with van der Waals surface area (Å²) in [5, 5.41) is 3.48. The van der Waals surface area contributed by atoms with Gasteiger partial charge in [0, 0.05) is 19.8 Å². The summed E-state index contributed by atoms with van der Waals surface area (Å²) in [5.74, 6) is 0.871. The van der Waals surface area contributed by atoms with Crippen LogP contribution >= 0.6 is 11.6 Å². The molecule has 0 bridgehead atoms. The highest BCUT2D eigenvalue weighted by Crippen LogP contribution is 2.22. The molecule has 0 fully saturated rings. The fourth-order valence-electron chi connectivity index (χ4n) is 1.24. The molecule has 0 aliphatic rings. The Hall–Kier alpha value is -1.07. The second-order valence-corrected chi connectivity index (χ2v) is 4.05. The molecule has 1 rings (SSSR count). The predicted molar refractivity (Wildman–Crippen MR) is 70.3 cm³/mol. The molecule has 0 unspecified atom stereocenters. The van der Waals surface area contributed by atoms with Gasteiger partial charge in [-0.2, -0.15) is 0 Å². The van der Waals surface area contributed by atoms with Crippen molar-refractivity contribution in [2.24, 2.45) is 0 Å². The molecule has 1 heterocycles. The monoisotopic (exact) mass is 258 g/mol. The highest BCUT2D eigenvalue weighted by molar-refractivity contribution is 6.35. The molecule has 3 N–H and O–H groups in total. The van der Waals surface area contributed by atoms with E-state index < -0.39 is 0 Å². The SMILES string of the molecule is CCCCOCCCNc1ncnc(N)c1Cl. The zero-order valence-corrected chi connectivity index (χ0v) is 10.8. The van der Waals surface area contributed by atoms with Gasteiger partial charge in [-0.1, -0.05) is 24.9 Å². The Morgan fingerprint density at radius 2 is 2.12 bits per heavy atom. The molecule has 0 saturated heterocycles. The molecule has 6 heteroatoms. The third-order valence-electron chi connectivity index (χ3n) is 2.22. The standard InChI is InChI=1S/C11H19ClN4O/c1-2-3-6-17-7-4-5-14-11-9(12)10(13)15-8-16-11/h8H,2-7H2,1H3,(H3,13,14,15,16). The number of hydrogen-bond donors (Lipinski definition) is 2. The smallest absolute Gasteiger partial charge is 0.150 e. The van der Waals surface area contributed by atoms with Crippen molar-refractivity contribution < 1.29 is 4.74 Å². The summed E-state index contributed by atoms with van der Waals surface area (Å²) < 4.78 is 5.44. The van der Waals surface area contributed by atoms with Crippen molar-refractivity contribution >= 4 is 23.2 Å². The number of nitrogen functional groups attached to an aromatic ring is 1. The van der Waals surface area contributed by atoms with Crippen LogP contribution in [-0.4, -0.2) is 29.7 Å². The fourth-order valence-corrected chi connectivity index (χ4v) is 1.40. The number of aromatic nitrogens is 2. The third-order valence-corrected chi connectivity index (χ3v) is 2.59. The fraction of sp³-hybridized carbons (Fsp3) is 0.636. The summed E-state index contributed by atoms with van der Waals surface area (Å²) in [5.41, 5.74) is 5.56. The average molecular weight is 259 g/mol. The van der Waals surface area contributed by atoms with E-state index in [0.717, 1.165) is 39.0 Å². The van der Waals surface area contributed by atoms with Gasteiger partial charge in [0.2, 0.25) is 0 Å². The maximum absolute atomic E-state index is 5.93. The topological polar surface area (TPSA) is 73.1 Å². The van der Waals surface area contributed by atoms with Gasteiger partial charge >= 0.3 is 0 Å². The maximum Gasteiger partial charge on any atom is 0.150 e. The predicted octanol–water partition coefficient (Wildman–Crippen LogP) is 2.33.